The zero-order chi connectivity index (χ0) is 3.58. The predicted octanol–water partition coefficient (Wildman–Crippen LogP) is 1.69. The second-order valence-corrected chi connectivity index (χ2v) is 1.50. The van der Waals surface area contributed by atoms with E-state index in [1.165, 1.54) is 5.92 Å². The first kappa shape index (κ1) is 23.9. The quantitative estimate of drug-likeness (QED) is 0.466. The maximum atomic E-state index is 2.08. The standard InChI is InChI=1S/C4H9.CH3.Au.Li/c1-4(2)3;;;/h1-3H3;1H3;;/q2*-1;;. The first-order valence-corrected chi connectivity index (χ1v) is 1.50. The van der Waals surface area contributed by atoms with E-state index in [9.17, 15) is 0 Å². The van der Waals surface area contributed by atoms with Crippen molar-refractivity contribution >= 4 is 18.9 Å². The minimum Gasteiger partial charge on any atom is -0.358 e. The van der Waals surface area contributed by atoms with Gasteiger partial charge in [0, 0.05) is 41.2 Å². The molecule has 0 atom stereocenters. The van der Waals surface area contributed by atoms with Gasteiger partial charge in [0.2, 0.25) is 0 Å². The van der Waals surface area contributed by atoms with Gasteiger partial charge in [0.25, 0.3) is 0 Å². The van der Waals surface area contributed by atoms with Crippen LogP contribution in [0.15, 0.2) is 0 Å². The van der Waals surface area contributed by atoms with Crippen molar-refractivity contribution in [2.45, 2.75) is 20.8 Å². The number of rotatable bonds is 0. The molecule has 0 fully saturated rings. The smallest absolute Gasteiger partial charge is 0 e. The van der Waals surface area contributed by atoms with Gasteiger partial charge >= 0.3 is 0 Å². The minimum atomic E-state index is 0. The summed E-state index contributed by atoms with van der Waals surface area (Å²) in [5.74, 6) is 1.42. The fourth-order valence-electron chi connectivity index (χ4n) is 0. The third-order valence-corrected chi connectivity index (χ3v) is 0. The zero-order valence-electron chi connectivity index (χ0n) is 5.80. The van der Waals surface area contributed by atoms with Crippen LogP contribution < -0.4 is 0 Å². The molecule has 0 aromatic carbocycles. The maximum Gasteiger partial charge on any atom is 0 e. The Hall–Kier alpha value is 1.34. The second-order valence-electron chi connectivity index (χ2n) is 1.50. The Kier molecular flexibility index (Phi) is 53.4. The van der Waals surface area contributed by atoms with E-state index in [1.54, 1.807) is 0 Å². The monoisotopic (exact) mass is 276 g/mol. The molecular weight excluding hydrogens is 264 g/mol. The van der Waals surface area contributed by atoms with Gasteiger partial charge in [-0.15, -0.1) is 0 Å². The molecule has 0 aliphatic carbocycles. The molecule has 0 saturated carbocycles. The second kappa shape index (κ2) is 15.7. The molecule has 0 rings (SSSR count). The number of hydrogen-bond donors (Lipinski definition) is 0. The van der Waals surface area contributed by atoms with E-state index in [1.807, 2.05) is 0 Å². The molecule has 46 valence electrons. The van der Waals surface area contributed by atoms with Crippen LogP contribution in [0.5, 0.6) is 0 Å². The van der Waals surface area contributed by atoms with Crippen molar-refractivity contribution < 1.29 is 22.4 Å². The average Bonchev–Trinajstić information content (AvgIpc) is 0.811. The van der Waals surface area contributed by atoms with Crippen LogP contribution >= 0.6 is 0 Å². The van der Waals surface area contributed by atoms with Crippen molar-refractivity contribution in [2.75, 3.05) is 0 Å². The van der Waals surface area contributed by atoms with Crippen molar-refractivity contribution in [1.82, 2.24) is 0 Å². The molecule has 0 aliphatic rings. The summed E-state index contributed by atoms with van der Waals surface area (Å²) >= 11 is 0. The Morgan fingerprint density at radius 3 is 1.00 bits per heavy atom. The molecule has 7 heavy (non-hydrogen) atoms. The van der Waals surface area contributed by atoms with E-state index >= 15 is 0 Å². The van der Waals surface area contributed by atoms with Gasteiger partial charge in [-0.25, -0.2) is 0 Å². The van der Waals surface area contributed by atoms with Crippen LogP contribution in [-0.2, 0) is 22.4 Å². The molecule has 0 unspecified atom stereocenters. The van der Waals surface area contributed by atoms with Crippen LogP contribution in [0.4, 0.5) is 0 Å². The molecule has 0 heterocycles. The fraction of sp³-hybridized carbons (Fsp3) is 0.600. The summed E-state index contributed by atoms with van der Waals surface area (Å²) in [6, 6.07) is 0. The van der Waals surface area contributed by atoms with Crippen LogP contribution in [0.2, 0.25) is 0 Å². The van der Waals surface area contributed by atoms with Gasteiger partial charge in [-0.05, 0) is 0 Å². The van der Waals surface area contributed by atoms with E-state index in [2.05, 4.69) is 20.8 Å². The Morgan fingerprint density at radius 2 is 1.00 bits per heavy atom. The van der Waals surface area contributed by atoms with Crippen molar-refractivity contribution in [3.8, 4) is 0 Å². The Morgan fingerprint density at radius 1 is 1.00 bits per heavy atom. The summed E-state index contributed by atoms with van der Waals surface area (Å²) in [5.41, 5.74) is 0. The first-order valence-electron chi connectivity index (χ1n) is 1.50. The fourth-order valence-corrected chi connectivity index (χ4v) is 0. The summed E-state index contributed by atoms with van der Waals surface area (Å²) in [7, 11) is 0. The van der Waals surface area contributed by atoms with Gasteiger partial charge in [0.15, 0.2) is 0 Å². The largest absolute Gasteiger partial charge is 0.358 e. The normalized spacial score (nSPS) is 5.14. The van der Waals surface area contributed by atoms with Gasteiger partial charge in [0.1, 0.15) is 0 Å². The summed E-state index contributed by atoms with van der Waals surface area (Å²) in [6.45, 7) is 6.25. The van der Waals surface area contributed by atoms with Gasteiger partial charge < -0.3 is 13.3 Å². The topological polar surface area (TPSA) is 0 Å². The third kappa shape index (κ3) is 117. The molecule has 0 amide bonds. The van der Waals surface area contributed by atoms with E-state index in [0.29, 0.717) is 0 Å². The van der Waals surface area contributed by atoms with Crippen molar-refractivity contribution in [3.05, 3.63) is 13.3 Å². The van der Waals surface area contributed by atoms with Crippen molar-refractivity contribution in [1.29, 1.82) is 0 Å². The molecule has 2 radical (unpaired) electrons. The molecule has 0 aromatic rings. The van der Waals surface area contributed by atoms with Gasteiger partial charge in [-0.1, -0.05) is 0 Å². The molecule has 0 aromatic heterocycles. The van der Waals surface area contributed by atoms with E-state index in [-0.39, 0.29) is 48.7 Å². The van der Waals surface area contributed by atoms with Crippen LogP contribution in [0.3, 0.4) is 0 Å². The molecule has 0 spiro atoms. The van der Waals surface area contributed by atoms with Gasteiger partial charge in [-0.3, -0.25) is 0 Å². The van der Waals surface area contributed by atoms with E-state index in [4.69, 9.17) is 0 Å². The van der Waals surface area contributed by atoms with E-state index < -0.39 is 0 Å². The Labute approximate surface area is 75.1 Å². The SMILES string of the molecule is C[C-](C)C.[Au].[CH3-].[Li]. The van der Waals surface area contributed by atoms with Gasteiger partial charge in [-0.2, -0.15) is 20.8 Å². The van der Waals surface area contributed by atoms with Crippen molar-refractivity contribution in [2.24, 2.45) is 0 Å². The van der Waals surface area contributed by atoms with Crippen LogP contribution in [-0.4, -0.2) is 18.9 Å². The molecule has 0 N–H and O–H groups in total. The van der Waals surface area contributed by atoms with Gasteiger partial charge in [0.05, 0.1) is 0 Å². The van der Waals surface area contributed by atoms with Crippen LogP contribution in [0.25, 0.3) is 0 Å². The van der Waals surface area contributed by atoms with E-state index in [0.717, 1.165) is 0 Å². The molecule has 0 aliphatic heterocycles. The summed E-state index contributed by atoms with van der Waals surface area (Å²) in [6.07, 6.45) is 0. The first-order chi connectivity index (χ1) is 1.73. The summed E-state index contributed by atoms with van der Waals surface area (Å²) in [5, 5.41) is 0. The molecule has 2 heteroatoms. The van der Waals surface area contributed by atoms with Crippen molar-refractivity contribution in [3.63, 3.8) is 0 Å². The summed E-state index contributed by atoms with van der Waals surface area (Å²) < 4.78 is 0. The molecule has 0 bridgehead atoms. The Bertz CT molecular complexity index is 12.8. The minimum absolute atomic E-state index is 0. The summed E-state index contributed by atoms with van der Waals surface area (Å²) in [4.78, 5) is 0. The predicted molar refractivity (Wildman–Crippen MR) is 32.4 cm³/mol. The zero-order valence-corrected chi connectivity index (χ0v) is 7.97. The maximum absolute atomic E-state index is 2.08. The van der Waals surface area contributed by atoms with Crippen LogP contribution in [0, 0.1) is 13.3 Å². The average molecular weight is 276 g/mol. The van der Waals surface area contributed by atoms with Crippen LogP contribution in [0.1, 0.15) is 20.8 Å². The third-order valence-electron chi connectivity index (χ3n) is 0. The molecule has 0 nitrogen and oxygen atoms in total. The number of hydrogen-bond acceptors (Lipinski definition) is 0. The molecular formula is C5H12AuLi-2. The molecule has 0 saturated heterocycles. The Balaban J connectivity index is -0.0000000150.